The Morgan fingerprint density at radius 1 is 1.28 bits per heavy atom. The lowest BCUT2D eigenvalue weighted by molar-refractivity contribution is -0.118. The van der Waals surface area contributed by atoms with Crippen LogP contribution in [-0.4, -0.2) is 32.6 Å². The Balaban J connectivity index is 3.44. The van der Waals surface area contributed by atoms with Crippen LogP contribution in [0.2, 0.25) is 0 Å². The largest absolute Gasteiger partial charge is 0.299 e. The summed E-state index contributed by atoms with van der Waals surface area (Å²) in [6.07, 6.45) is 0.593. The van der Waals surface area contributed by atoms with Crippen LogP contribution in [0.25, 0.3) is 0 Å². The van der Waals surface area contributed by atoms with Gasteiger partial charge in [-0.2, -0.15) is 0 Å². The van der Waals surface area contributed by atoms with Crippen molar-refractivity contribution < 1.29 is 13.2 Å². The van der Waals surface area contributed by atoms with Gasteiger partial charge in [-0.1, -0.05) is 25.1 Å². The van der Waals surface area contributed by atoms with E-state index in [1.165, 1.54) is 25.3 Å². The molecule has 0 aliphatic carbocycles. The highest BCUT2D eigenvalue weighted by Gasteiger charge is 2.26. The quantitative estimate of drug-likeness (QED) is 0.821. The molecule has 1 atom stereocenters. The van der Waals surface area contributed by atoms with E-state index in [0.717, 1.165) is 0 Å². The van der Waals surface area contributed by atoms with Crippen LogP contribution in [0.15, 0.2) is 29.2 Å². The van der Waals surface area contributed by atoms with Crippen LogP contribution >= 0.6 is 0 Å². The van der Waals surface area contributed by atoms with Gasteiger partial charge in [0.15, 0.2) is 0 Å². The number of benzene rings is 1. The summed E-state index contributed by atoms with van der Waals surface area (Å²) in [5, 5.41) is 0. The highest BCUT2D eigenvalue weighted by Crippen LogP contribution is 2.28. The topological polar surface area (TPSA) is 54.5 Å². The molecule has 1 unspecified atom stereocenters. The van der Waals surface area contributed by atoms with Gasteiger partial charge in [0.1, 0.15) is 5.78 Å². The van der Waals surface area contributed by atoms with Crippen LogP contribution in [0, 0.1) is 0 Å². The molecule has 0 aliphatic rings. The van der Waals surface area contributed by atoms with E-state index in [9.17, 15) is 13.2 Å². The number of nitrogens with zero attached hydrogens (tertiary/aromatic N) is 1. The number of carbonyl (C=O) groups is 1. The molecule has 100 valence electrons. The number of rotatable bonds is 5. The maximum Gasteiger partial charge on any atom is 0.242 e. The van der Waals surface area contributed by atoms with Crippen molar-refractivity contribution in [3.63, 3.8) is 0 Å². The summed E-state index contributed by atoms with van der Waals surface area (Å²) in [7, 11) is -0.541. The maximum absolute atomic E-state index is 12.2. The normalized spacial score (nSPS) is 13.6. The highest BCUT2D eigenvalue weighted by molar-refractivity contribution is 7.89. The molecule has 0 bridgehead atoms. The Labute approximate surface area is 109 Å². The molecule has 0 amide bonds. The minimum Gasteiger partial charge on any atom is -0.299 e. The fourth-order valence-electron chi connectivity index (χ4n) is 1.93. The first-order valence-corrected chi connectivity index (χ1v) is 7.28. The Kier molecular flexibility index (Phi) is 4.65. The highest BCUT2D eigenvalue weighted by atomic mass is 32.2. The molecule has 0 aromatic heterocycles. The predicted molar refractivity (Wildman–Crippen MR) is 71.0 cm³/mol. The molecule has 18 heavy (non-hydrogen) atoms. The van der Waals surface area contributed by atoms with Crippen molar-refractivity contribution in [3.8, 4) is 0 Å². The van der Waals surface area contributed by atoms with Gasteiger partial charge >= 0.3 is 0 Å². The van der Waals surface area contributed by atoms with Gasteiger partial charge in [0.2, 0.25) is 10.0 Å². The van der Waals surface area contributed by atoms with E-state index in [1.54, 1.807) is 24.3 Å². The molecule has 1 aromatic carbocycles. The molecule has 0 radical (unpaired) electrons. The van der Waals surface area contributed by atoms with Crippen LogP contribution in [0.4, 0.5) is 0 Å². The third-order valence-corrected chi connectivity index (χ3v) is 4.84. The summed E-state index contributed by atoms with van der Waals surface area (Å²) in [4.78, 5) is 11.8. The zero-order valence-corrected chi connectivity index (χ0v) is 12.0. The van der Waals surface area contributed by atoms with E-state index in [2.05, 4.69) is 0 Å². The predicted octanol–water partition coefficient (Wildman–Crippen LogP) is 2.02. The van der Waals surface area contributed by atoms with Crippen molar-refractivity contribution in [1.29, 1.82) is 0 Å². The summed E-state index contributed by atoms with van der Waals surface area (Å²) in [5.74, 6) is -0.380. The fraction of sp³-hybridized carbons (Fsp3) is 0.462. The molecule has 0 heterocycles. The zero-order chi connectivity index (χ0) is 13.9. The van der Waals surface area contributed by atoms with Crippen LogP contribution in [0.1, 0.15) is 31.7 Å². The van der Waals surface area contributed by atoms with Gasteiger partial charge in [0.05, 0.1) is 4.90 Å². The summed E-state index contributed by atoms with van der Waals surface area (Å²) in [6.45, 7) is 3.37. The number of ketones is 1. The summed E-state index contributed by atoms with van der Waals surface area (Å²) in [5.41, 5.74) is 0.584. The number of hydrogen-bond acceptors (Lipinski definition) is 3. The third kappa shape index (κ3) is 2.79. The molecule has 0 aliphatic heterocycles. The average molecular weight is 269 g/mol. The standard InChI is InChI=1S/C13H19NO3S/c1-5-11(10(2)15)12-8-6-7-9-13(12)18(16,17)14(3)4/h6-9,11H,5H2,1-4H3. The third-order valence-electron chi connectivity index (χ3n) is 2.95. The summed E-state index contributed by atoms with van der Waals surface area (Å²) < 4.78 is 25.6. The van der Waals surface area contributed by atoms with E-state index in [4.69, 9.17) is 0 Å². The molecule has 0 fully saturated rings. The minimum absolute atomic E-state index is 0.0149. The zero-order valence-electron chi connectivity index (χ0n) is 11.2. The molecular weight excluding hydrogens is 250 g/mol. The van der Waals surface area contributed by atoms with Crippen molar-refractivity contribution in [2.75, 3.05) is 14.1 Å². The number of sulfonamides is 1. The maximum atomic E-state index is 12.2. The first-order chi connectivity index (χ1) is 8.32. The molecule has 0 saturated heterocycles. The fourth-order valence-corrected chi connectivity index (χ4v) is 3.08. The molecule has 0 saturated carbocycles. The second-order valence-electron chi connectivity index (χ2n) is 4.40. The molecule has 1 rings (SSSR count). The number of Topliss-reactive ketones (excluding diaryl/α,β-unsaturated/α-hetero) is 1. The van der Waals surface area contributed by atoms with Crippen LogP contribution in [0.3, 0.4) is 0 Å². The lowest BCUT2D eigenvalue weighted by Crippen LogP contribution is -2.24. The number of hydrogen-bond donors (Lipinski definition) is 0. The van der Waals surface area contributed by atoms with Crippen LogP contribution in [-0.2, 0) is 14.8 Å². The van der Waals surface area contributed by atoms with Crippen molar-refractivity contribution in [3.05, 3.63) is 29.8 Å². The average Bonchev–Trinajstić information content (AvgIpc) is 2.29. The Bertz CT molecular complexity index is 535. The smallest absolute Gasteiger partial charge is 0.242 e. The van der Waals surface area contributed by atoms with Gasteiger partial charge in [-0.05, 0) is 25.0 Å². The first kappa shape index (κ1) is 14.9. The van der Waals surface area contributed by atoms with Crippen LogP contribution < -0.4 is 0 Å². The van der Waals surface area contributed by atoms with E-state index in [1.807, 2.05) is 6.92 Å². The Morgan fingerprint density at radius 2 is 1.83 bits per heavy atom. The molecule has 4 nitrogen and oxygen atoms in total. The van der Waals surface area contributed by atoms with Crippen molar-refractivity contribution in [1.82, 2.24) is 4.31 Å². The summed E-state index contributed by atoms with van der Waals surface area (Å²) in [6, 6.07) is 6.70. The molecule has 0 spiro atoms. The molecule has 0 N–H and O–H groups in total. The van der Waals surface area contributed by atoms with E-state index in [-0.39, 0.29) is 16.6 Å². The van der Waals surface area contributed by atoms with Crippen molar-refractivity contribution >= 4 is 15.8 Å². The second-order valence-corrected chi connectivity index (χ2v) is 6.52. The van der Waals surface area contributed by atoms with Crippen LogP contribution in [0.5, 0.6) is 0 Å². The second kappa shape index (κ2) is 5.63. The van der Waals surface area contributed by atoms with Gasteiger partial charge < -0.3 is 0 Å². The van der Waals surface area contributed by atoms with Gasteiger partial charge in [-0.25, -0.2) is 12.7 Å². The first-order valence-electron chi connectivity index (χ1n) is 5.84. The monoisotopic (exact) mass is 269 g/mol. The van der Waals surface area contributed by atoms with Crippen molar-refractivity contribution in [2.45, 2.75) is 31.1 Å². The van der Waals surface area contributed by atoms with Gasteiger partial charge in [0.25, 0.3) is 0 Å². The van der Waals surface area contributed by atoms with Gasteiger partial charge in [-0.3, -0.25) is 4.79 Å². The van der Waals surface area contributed by atoms with Gasteiger partial charge in [-0.15, -0.1) is 0 Å². The SMILES string of the molecule is CCC(C(C)=O)c1ccccc1S(=O)(=O)N(C)C. The minimum atomic E-state index is -3.52. The van der Waals surface area contributed by atoms with E-state index in [0.29, 0.717) is 12.0 Å². The molecular formula is C13H19NO3S. The van der Waals surface area contributed by atoms with Gasteiger partial charge in [0, 0.05) is 20.0 Å². The summed E-state index contributed by atoms with van der Waals surface area (Å²) >= 11 is 0. The lowest BCUT2D eigenvalue weighted by Gasteiger charge is -2.19. The molecule has 1 aromatic rings. The number of carbonyl (C=O) groups excluding carboxylic acids is 1. The van der Waals surface area contributed by atoms with Crippen molar-refractivity contribution in [2.24, 2.45) is 0 Å². The van der Waals surface area contributed by atoms with E-state index >= 15 is 0 Å². The molecule has 5 heteroatoms. The van der Waals surface area contributed by atoms with E-state index < -0.39 is 10.0 Å². The Hall–Kier alpha value is -1.20. The Morgan fingerprint density at radius 3 is 2.28 bits per heavy atom. The lowest BCUT2D eigenvalue weighted by atomic mass is 9.93.